The minimum absolute atomic E-state index is 0.347. The van der Waals surface area contributed by atoms with E-state index in [9.17, 15) is 10.2 Å². The highest BCUT2D eigenvalue weighted by Crippen LogP contribution is 2.24. The van der Waals surface area contributed by atoms with E-state index in [2.05, 4.69) is 45.6 Å². The summed E-state index contributed by atoms with van der Waals surface area (Å²) in [5.41, 5.74) is 0. The Morgan fingerprint density at radius 2 is 1.29 bits per heavy atom. The van der Waals surface area contributed by atoms with Gasteiger partial charge in [-0.1, -0.05) is 13.3 Å². The van der Waals surface area contributed by atoms with Gasteiger partial charge in [-0.05, 0) is 90.4 Å². The molecule has 0 saturated carbocycles. The molecular formula is C26H61N2O5Si2+. The fourth-order valence-corrected chi connectivity index (χ4v) is 13.3. The van der Waals surface area contributed by atoms with Gasteiger partial charge in [-0.25, -0.2) is 0 Å². The van der Waals surface area contributed by atoms with Crippen LogP contribution in [0.2, 0.25) is 38.3 Å². The number of nitrogens with zero attached hydrogens (tertiary/aromatic N) is 1. The molecule has 212 valence electrons. The van der Waals surface area contributed by atoms with Crippen LogP contribution in [0, 0.1) is 0 Å². The van der Waals surface area contributed by atoms with Gasteiger partial charge >= 0.3 is 0 Å². The Morgan fingerprint density at radius 1 is 0.771 bits per heavy atom. The lowest BCUT2D eigenvalue weighted by Crippen LogP contribution is -2.47. The minimum Gasteiger partial charge on any atom is -0.455 e. The van der Waals surface area contributed by atoms with E-state index in [-0.39, 0.29) is 6.10 Å². The molecule has 3 N–H and O–H groups in total. The summed E-state index contributed by atoms with van der Waals surface area (Å²) in [6.07, 6.45) is 6.93. The molecule has 0 aromatic heterocycles. The van der Waals surface area contributed by atoms with Crippen LogP contribution in [0.3, 0.4) is 0 Å². The van der Waals surface area contributed by atoms with E-state index >= 15 is 0 Å². The smallest absolute Gasteiger partial charge is 0.173 e. The lowest BCUT2D eigenvalue weighted by Gasteiger charge is -2.34. The molecule has 0 aliphatic heterocycles. The molecule has 0 aliphatic carbocycles. The molecule has 0 fully saturated rings. The monoisotopic (exact) mass is 537 g/mol. The van der Waals surface area contributed by atoms with Crippen molar-refractivity contribution in [2.45, 2.75) is 102 Å². The van der Waals surface area contributed by atoms with Crippen molar-refractivity contribution in [3.05, 3.63) is 0 Å². The number of hydrogen-bond donors (Lipinski definition) is 3. The second-order valence-corrected chi connectivity index (χ2v) is 20.9. The summed E-state index contributed by atoms with van der Waals surface area (Å²) in [6, 6.07) is 2.16. The predicted molar refractivity (Wildman–Crippen MR) is 153 cm³/mol. The zero-order chi connectivity index (χ0) is 26.8. The average molecular weight is 538 g/mol. The van der Waals surface area contributed by atoms with Crippen LogP contribution < -0.4 is 5.32 Å². The molecule has 0 aromatic rings. The first-order valence-corrected chi connectivity index (χ1v) is 20.2. The summed E-state index contributed by atoms with van der Waals surface area (Å²) in [4.78, 5) is 0. The second-order valence-electron chi connectivity index (χ2n) is 12.1. The van der Waals surface area contributed by atoms with Crippen LogP contribution in [0.15, 0.2) is 0 Å². The fourth-order valence-electron chi connectivity index (χ4n) is 4.52. The number of likely N-dealkylation sites (N-methyl/N-ethyl adjacent to an activating group) is 1. The highest BCUT2D eigenvalue weighted by molar-refractivity contribution is 6.84. The molecule has 2 unspecified atom stereocenters. The first kappa shape index (κ1) is 35.2. The second kappa shape index (κ2) is 19.3. The van der Waals surface area contributed by atoms with Gasteiger partial charge in [-0.15, -0.1) is 0 Å². The maximum Gasteiger partial charge on any atom is 0.173 e. The van der Waals surface area contributed by atoms with Gasteiger partial charge < -0.3 is 33.6 Å². The summed E-state index contributed by atoms with van der Waals surface area (Å²) in [6.45, 7) is 16.4. The Bertz CT molecular complexity index is 510. The highest BCUT2D eigenvalue weighted by Gasteiger charge is 2.32. The predicted octanol–water partition coefficient (Wildman–Crippen LogP) is 4.21. The summed E-state index contributed by atoms with van der Waals surface area (Å²) in [7, 11) is 2.94. The van der Waals surface area contributed by atoms with Crippen molar-refractivity contribution in [1.82, 2.24) is 5.32 Å². The van der Waals surface area contributed by atoms with Crippen LogP contribution in [0.1, 0.15) is 51.9 Å². The molecule has 0 heterocycles. The molecule has 0 spiro atoms. The maximum absolute atomic E-state index is 10.5. The molecule has 9 heteroatoms. The van der Waals surface area contributed by atoms with Gasteiger partial charge in [0.15, 0.2) is 16.6 Å². The Hall–Kier alpha value is 0.154. The third kappa shape index (κ3) is 21.9. The molecule has 2 atom stereocenters. The third-order valence-corrected chi connectivity index (χ3v) is 14.0. The lowest BCUT2D eigenvalue weighted by atomic mass is 10.1. The van der Waals surface area contributed by atoms with Gasteiger partial charge in [-0.2, -0.15) is 0 Å². The topological polar surface area (TPSA) is 80.2 Å². The van der Waals surface area contributed by atoms with Crippen molar-refractivity contribution >= 4 is 16.6 Å². The van der Waals surface area contributed by atoms with Crippen LogP contribution in [-0.4, -0.2) is 111 Å². The van der Waals surface area contributed by atoms with E-state index in [1.165, 1.54) is 25.7 Å². The zero-order valence-corrected chi connectivity index (χ0v) is 26.5. The summed E-state index contributed by atoms with van der Waals surface area (Å²) in [5.74, 6) is 0. The number of quaternary nitrogens is 1. The van der Waals surface area contributed by atoms with Gasteiger partial charge in [0.2, 0.25) is 0 Å². The van der Waals surface area contributed by atoms with E-state index in [1.807, 2.05) is 14.0 Å². The number of aliphatic hydroxyl groups excluding tert-OH is 2. The van der Waals surface area contributed by atoms with E-state index in [0.29, 0.717) is 26.4 Å². The molecule has 35 heavy (non-hydrogen) atoms. The zero-order valence-electron chi connectivity index (χ0n) is 24.5. The first-order valence-electron chi connectivity index (χ1n) is 14.0. The molecule has 0 radical (unpaired) electrons. The van der Waals surface area contributed by atoms with Crippen LogP contribution in [0.25, 0.3) is 0 Å². The van der Waals surface area contributed by atoms with Gasteiger partial charge in [-0.3, -0.25) is 0 Å². The van der Waals surface area contributed by atoms with E-state index < -0.39 is 22.7 Å². The largest absolute Gasteiger partial charge is 0.455 e. The van der Waals surface area contributed by atoms with Gasteiger partial charge in [0.1, 0.15) is 12.6 Å². The molecule has 7 nitrogen and oxygen atoms in total. The van der Waals surface area contributed by atoms with Crippen molar-refractivity contribution in [3.8, 4) is 0 Å². The van der Waals surface area contributed by atoms with Gasteiger partial charge in [0.05, 0.1) is 40.0 Å². The number of nitrogens with one attached hydrogen (secondary N) is 1. The molecule has 0 amide bonds. The number of ether oxygens (including phenoxy) is 2. The summed E-state index contributed by atoms with van der Waals surface area (Å²) in [5, 5.41) is 23.2. The Kier molecular flexibility index (Phi) is 19.3. The Balaban J connectivity index is 4.00. The van der Waals surface area contributed by atoms with E-state index in [1.54, 1.807) is 0 Å². The molecular weight excluding hydrogens is 476 g/mol. The minimum atomic E-state index is -1.74. The van der Waals surface area contributed by atoms with Crippen molar-refractivity contribution in [3.63, 3.8) is 0 Å². The molecule has 0 aliphatic rings. The van der Waals surface area contributed by atoms with Crippen LogP contribution >= 0.6 is 0 Å². The first-order chi connectivity index (χ1) is 16.3. The van der Waals surface area contributed by atoms with Crippen molar-refractivity contribution in [2.75, 3.05) is 67.2 Å². The molecule has 0 aromatic carbocycles. The van der Waals surface area contributed by atoms with E-state index in [4.69, 9.17) is 13.6 Å². The van der Waals surface area contributed by atoms with Gasteiger partial charge in [0, 0.05) is 13.2 Å². The number of rotatable bonds is 24. The standard InChI is InChI=1S/C26H61N2O5Si2/c1-9-25(29)23-31-18-14-20-34(5,6)33-35(7,8)21-15-19-32-24-26(30)22-28(3,4)17-13-11-10-12-16-27-2/h25-27,29-30H,9-24H2,1-8H3/q+1. The fraction of sp³-hybridized carbons (Fsp3) is 1.00. The SMILES string of the molecule is CCC(O)COCCC[Si](C)(C)O[Si](C)(C)CCCOCC(O)C[N+](C)(C)CCCCCCNC. The van der Waals surface area contributed by atoms with Crippen LogP contribution in [0.4, 0.5) is 0 Å². The summed E-state index contributed by atoms with van der Waals surface area (Å²) >= 11 is 0. The third-order valence-electron chi connectivity index (χ3n) is 6.42. The number of unbranched alkanes of at least 4 members (excludes halogenated alkanes) is 3. The van der Waals surface area contributed by atoms with E-state index in [0.717, 1.165) is 55.5 Å². The summed E-state index contributed by atoms with van der Waals surface area (Å²) < 4.78 is 18.9. The normalized spacial score (nSPS) is 14.9. The van der Waals surface area contributed by atoms with Gasteiger partial charge in [0.25, 0.3) is 0 Å². The lowest BCUT2D eigenvalue weighted by molar-refractivity contribution is -0.893. The highest BCUT2D eigenvalue weighted by atomic mass is 28.4. The molecule has 0 bridgehead atoms. The average Bonchev–Trinajstić information content (AvgIpc) is 2.74. The Labute approximate surface area is 219 Å². The van der Waals surface area contributed by atoms with Crippen molar-refractivity contribution in [1.29, 1.82) is 0 Å². The molecule has 0 rings (SSSR count). The van der Waals surface area contributed by atoms with Crippen LogP contribution in [0.5, 0.6) is 0 Å². The van der Waals surface area contributed by atoms with Crippen molar-refractivity contribution in [2.24, 2.45) is 0 Å². The quantitative estimate of drug-likeness (QED) is 0.0972. The van der Waals surface area contributed by atoms with Crippen molar-refractivity contribution < 1.29 is 28.3 Å². The number of hydrogen-bond acceptors (Lipinski definition) is 6. The number of aliphatic hydroxyl groups is 2. The maximum atomic E-state index is 10.5. The molecule has 0 saturated heterocycles. The van der Waals surface area contributed by atoms with Crippen LogP contribution in [-0.2, 0) is 13.6 Å². The Morgan fingerprint density at radius 3 is 1.80 bits per heavy atom.